The van der Waals surface area contributed by atoms with E-state index in [1.165, 1.54) is 12.1 Å². The van der Waals surface area contributed by atoms with Crippen LogP contribution < -0.4 is 20.7 Å². The van der Waals surface area contributed by atoms with E-state index in [9.17, 15) is 9.18 Å². The lowest BCUT2D eigenvalue weighted by Crippen LogP contribution is -2.45. The highest BCUT2D eigenvalue weighted by molar-refractivity contribution is 7.80. The summed E-state index contributed by atoms with van der Waals surface area (Å²) in [5.41, 5.74) is 1.88. The second kappa shape index (κ2) is 7.53. The summed E-state index contributed by atoms with van der Waals surface area (Å²) in [5.74, 6) is -0.301. The molecule has 0 saturated heterocycles. The maximum Gasteiger partial charge on any atom is 0.255 e. The average Bonchev–Trinajstić information content (AvgIpc) is 2.62. The predicted molar refractivity (Wildman–Crippen MR) is 102 cm³/mol. The van der Waals surface area contributed by atoms with Crippen LogP contribution in [-0.4, -0.2) is 18.1 Å². The van der Waals surface area contributed by atoms with Crippen molar-refractivity contribution in [3.8, 4) is 5.75 Å². The molecule has 1 unspecified atom stereocenters. The Bertz CT molecular complexity index is 898. The highest BCUT2D eigenvalue weighted by Gasteiger charge is 2.31. The van der Waals surface area contributed by atoms with Crippen LogP contribution in [0.5, 0.6) is 5.75 Å². The molecule has 1 aliphatic rings. The molecule has 2 aromatic rings. The number of ether oxygens (including phenoxy) is 1. The van der Waals surface area contributed by atoms with Crippen molar-refractivity contribution in [1.82, 2.24) is 10.6 Å². The van der Waals surface area contributed by atoms with Crippen molar-refractivity contribution in [1.29, 1.82) is 0 Å². The molecule has 0 spiro atoms. The second-order valence-electron chi connectivity index (χ2n) is 5.75. The maximum atomic E-state index is 13.9. The van der Waals surface area contributed by atoms with Crippen LogP contribution in [0.1, 0.15) is 18.5 Å². The van der Waals surface area contributed by atoms with Gasteiger partial charge in [-0.1, -0.05) is 30.3 Å². The third-order valence-corrected chi connectivity index (χ3v) is 4.31. The molecule has 7 heteroatoms. The summed E-state index contributed by atoms with van der Waals surface area (Å²) in [6.45, 7) is 1.76. The van der Waals surface area contributed by atoms with E-state index in [4.69, 9.17) is 17.0 Å². The average molecular weight is 371 g/mol. The molecular formula is C19H18FN3O2S. The minimum absolute atomic E-state index is 0.115. The Morgan fingerprint density at radius 1 is 1.19 bits per heavy atom. The van der Waals surface area contributed by atoms with E-state index in [2.05, 4.69) is 16.0 Å². The number of thiocarbonyl (C=S) groups is 1. The highest BCUT2D eigenvalue weighted by Crippen LogP contribution is 2.33. The van der Waals surface area contributed by atoms with Crippen molar-refractivity contribution >= 4 is 28.9 Å². The van der Waals surface area contributed by atoms with Crippen LogP contribution in [0, 0.1) is 5.82 Å². The zero-order valence-corrected chi connectivity index (χ0v) is 15.1. The lowest BCUT2D eigenvalue weighted by atomic mass is 9.94. The highest BCUT2D eigenvalue weighted by atomic mass is 32.1. The molecule has 0 aliphatic carbocycles. The van der Waals surface area contributed by atoms with Gasteiger partial charge in [0.05, 0.1) is 24.4 Å². The molecule has 134 valence electrons. The molecular weight excluding hydrogens is 353 g/mol. The van der Waals surface area contributed by atoms with Gasteiger partial charge in [-0.05, 0) is 37.3 Å². The second-order valence-corrected chi connectivity index (χ2v) is 6.15. The fourth-order valence-corrected chi connectivity index (χ4v) is 3.16. The minimum Gasteiger partial charge on any atom is -0.496 e. The Morgan fingerprint density at radius 3 is 2.62 bits per heavy atom. The van der Waals surface area contributed by atoms with Crippen LogP contribution in [-0.2, 0) is 4.79 Å². The summed E-state index contributed by atoms with van der Waals surface area (Å²) >= 11 is 5.24. The third-order valence-electron chi connectivity index (χ3n) is 4.09. The van der Waals surface area contributed by atoms with Gasteiger partial charge in [-0.3, -0.25) is 4.79 Å². The number of carbonyl (C=O) groups excluding carboxylic acids is 1. The Kier molecular flexibility index (Phi) is 5.18. The standard InChI is InChI=1S/C19H18FN3O2S/c1-11-16(18(24)22-14-9-5-4-8-13(14)20)17(23-19(26)21-11)12-7-3-6-10-15(12)25-2/h3-10,17H,1-2H3,(H,22,24)(H2,21,23,26). The summed E-state index contributed by atoms with van der Waals surface area (Å²) in [6.07, 6.45) is 0. The van der Waals surface area contributed by atoms with Crippen LogP contribution >= 0.6 is 12.2 Å². The molecule has 26 heavy (non-hydrogen) atoms. The van der Waals surface area contributed by atoms with Crippen molar-refractivity contribution in [3.05, 3.63) is 71.2 Å². The summed E-state index contributed by atoms with van der Waals surface area (Å²) in [7, 11) is 1.56. The molecule has 3 rings (SSSR count). The predicted octanol–water partition coefficient (Wildman–Crippen LogP) is 3.27. The van der Waals surface area contributed by atoms with Gasteiger partial charge in [0.25, 0.3) is 5.91 Å². The fraction of sp³-hybridized carbons (Fsp3) is 0.158. The Morgan fingerprint density at radius 2 is 1.88 bits per heavy atom. The van der Waals surface area contributed by atoms with E-state index in [-0.39, 0.29) is 5.69 Å². The van der Waals surface area contributed by atoms with Gasteiger partial charge in [0.15, 0.2) is 5.11 Å². The number of hydrogen-bond donors (Lipinski definition) is 3. The Balaban J connectivity index is 2.01. The minimum atomic E-state index is -0.522. The molecule has 3 N–H and O–H groups in total. The van der Waals surface area contributed by atoms with E-state index >= 15 is 0 Å². The molecule has 0 aromatic heterocycles. The molecule has 0 radical (unpaired) electrons. The van der Waals surface area contributed by atoms with Crippen LogP contribution in [0.2, 0.25) is 0 Å². The van der Waals surface area contributed by atoms with Gasteiger partial charge >= 0.3 is 0 Å². The van der Waals surface area contributed by atoms with E-state index in [0.29, 0.717) is 22.1 Å². The normalized spacial score (nSPS) is 16.6. The molecule has 0 fully saturated rings. The van der Waals surface area contributed by atoms with Crippen molar-refractivity contribution in [3.63, 3.8) is 0 Å². The van der Waals surface area contributed by atoms with Gasteiger partial charge in [-0.25, -0.2) is 4.39 Å². The number of rotatable bonds is 4. The molecule has 1 aliphatic heterocycles. The first kappa shape index (κ1) is 17.9. The van der Waals surface area contributed by atoms with Gasteiger partial charge in [0.1, 0.15) is 11.6 Å². The van der Waals surface area contributed by atoms with Crippen LogP contribution in [0.3, 0.4) is 0 Å². The van der Waals surface area contributed by atoms with Crippen molar-refractivity contribution in [2.24, 2.45) is 0 Å². The van der Waals surface area contributed by atoms with Gasteiger partial charge in [0, 0.05) is 11.3 Å². The van der Waals surface area contributed by atoms with Crippen molar-refractivity contribution in [2.45, 2.75) is 13.0 Å². The molecule has 1 heterocycles. The lowest BCUT2D eigenvalue weighted by Gasteiger charge is -2.31. The number of nitrogens with one attached hydrogen (secondary N) is 3. The molecule has 5 nitrogen and oxygen atoms in total. The van der Waals surface area contributed by atoms with E-state index in [0.717, 1.165) is 5.56 Å². The topological polar surface area (TPSA) is 62.4 Å². The number of para-hydroxylation sites is 2. The number of hydrogen-bond acceptors (Lipinski definition) is 3. The molecule has 0 bridgehead atoms. The van der Waals surface area contributed by atoms with Gasteiger partial charge in [-0.15, -0.1) is 0 Å². The molecule has 1 amide bonds. The number of benzene rings is 2. The van der Waals surface area contributed by atoms with Crippen molar-refractivity contribution < 1.29 is 13.9 Å². The maximum absolute atomic E-state index is 13.9. The van der Waals surface area contributed by atoms with E-state index < -0.39 is 17.8 Å². The third kappa shape index (κ3) is 3.52. The Hall–Kier alpha value is -2.93. The summed E-state index contributed by atoms with van der Waals surface area (Å²) in [6, 6.07) is 12.9. The summed E-state index contributed by atoms with van der Waals surface area (Å²) < 4.78 is 19.3. The number of halogens is 1. The molecule has 2 aromatic carbocycles. The van der Waals surface area contributed by atoms with Crippen LogP contribution in [0.25, 0.3) is 0 Å². The number of amides is 1. The SMILES string of the molecule is COc1ccccc1C1NC(=S)NC(C)=C1C(=O)Nc1ccccc1F. The zero-order valence-electron chi connectivity index (χ0n) is 14.3. The fourth-order valence-electron chi connectivity index (χ4n) is 2.89. The molecule has 0 saturated carbocycles. The van der Waals surface area contributed by atoms with Gasteiger partial charge in [-0.2, -0.15) is 0 Å². The molecule has 1 atom stereocenters. The van der Waals surface area contributed by atoms with Gasteiger partial charge < -0.3 is 20.7 Å². The first-order chi connectivity index (χ1) is 12.5. The van der Waals surface area contributed by atoms with Gasteiger partial charge in [0.2, 0.25) is 0 Å². The van der Waals surface area contributed by atoms with Crippen LogP contribution in [0.15, 0.2) is 59.8 Å². The summed E-state index contributed by atoms with van der Waals surface area (Å²) in [5, 5.41) is 9.08. The monoisotopic (exact) mass is 371 g/mol. The number of carbonyl (C=O) groups is 1. The number of allylic oxidation sites excluding steroid dienone is 1. The summed E-state index contributed by atoms with van der Waals surface area (Å²) in [4.78, 5) is 12.9. The first-order valence-corrected chi connectivity index (χ1v) is 8.39. The van der Waals surface area contributed by atoms with Crippen LogP contribution in [0.4, 0.5) is 10.1 Å². The zero-order chi connectivity index (χ0) is 18.7. The lowest BCUT2D eigenvalue weighted by molar-refractivity contribution is -0.113. The first-order valence-electron chi connectivity index (χ1n) is 7.98. The quantitative estimate of drug-likeness (QED) is 0.720. The number of anilines is 1. The Labute approximate surface area is 156 Å². The van der Waals surface area contributed by atoms with E-state index in [1.54, 1.807) is 26.2 Å². The smallest absolute Gasteiger partial charge is 0.255 e. The number of methoxy groups -OCH3 is 1. The largest absolute Gasteiger partial charge is 0.496 e. The van der Waals surface area contributed by atoms with E-state index in [1.807, 2.05) is 24.3 Å². The van der Waals surface area contributed by atoms with Crippen molar-refractivity contribution in [2.75, 3.05) is 12.4 Å².